The summed E-state index contributed by atoms with van der Waals surface area (Å²) < 4.78 is 5.28. The van der Waals surface area contributed by atoms with Crippen molar-refractivity contribution in [1.29, 1.82) is 0 Å². The molecule has 1 N–H and O–H groups in total. The Kier molecular flexibility index (Phi) is 4.38. The molecule has 1 heterocycles. The second-order valence-corrected chi connectivity index (χ2v) is 4.98. The molecular weight excluding hydrogens is 246 g/mol. The van der Waals surface area contributed by atoms with E-state index < -0.39 is 0 Å². The third-order valence-electron chi connectivity index (χ3n) is 2.33. The third kappa shape index (κ3) is 3.58. The van der Waals surface area contributed by atoms with E-state index in [9.17, 15) is 4.79 Å². The van der Waals surface area contributed by atoms with Crippen molar-refractivity contribution in [2.24, 2.45) is 5.92 Å². The van der Waals surface area contributed by atoms with E-state index in [1.807, 2.05) is 13.8 Å². The fourth-order valence-corrected chi connectivity index (χ4v) is 1.56. The first-order chi connectivity index (χ1) is 6.55. The first-order valence-corrected chi connectivity index (χ1v) is 6.13. The number of ether oxygens (including phenoxy) is 1. The fourth-order valence-electron chi connectivity index (χ4n) is 1.42. The van der Waals surface area contributed by atoms with Crippen LogP contribution in [0.15, 0.2) is 0 Å². The first kappa shape index (κ1) is 12.0. The van der Waals surface area contributed by atoms with Crippen LogP contribution in [0.25, 0.3) is 0 Å². The molecule has 0 aromatic carbocycles. The van der Waals surface area contributed by atoms with Crippen LogP contribution in [0, 0.1) is 5.92 Å². The molecule has 0 spiro atoms. The third-order valence-corrected chi connectivity index (χ3v) is 3.73. The molecule has 82 valence electrons. The van der Waals surface area contributed by atoms with Crippen molar-refractivity contribution in [2.75, 3.05) is 18.5 Å². The Hall–Kier alpha value is -0.0900. The number of carbonyl (C=O) groups excluding carboxylic acids is 1. The molecule has 1 rings (SSSR count). The average molecular weight is 264 g/mol. The highest BCUT2D eigenvalue weighted by Crippen LogP contribution is 2.15. The van der Waals surface area contributed by atoms with Crippen LogP contribution in [-0.2, 0) is 9.53 Å². The highest BCUT2D eigenvalue weighted by molar-refractivity contribution is 9.09. The molecule has 1 unspecified atom stereocenters. The number of nitrogens with one attached hydrogen (secondary N) is 1. The standard InChI is InChI=1S/C10H18BrNO2/c1-10(2,7-11)12-9(13)8-4-3-5-14-6-8/h8H,3-7H2,1-2H3,(H,12,13). The van der Waals surface area contributed by atoms with E-state index in [0.717, 1.165) is 24.8 Å². The van der Waals surface area contributed by atoms with Crippen LogP contribution in [-0.4, -0.2) is 30.0 Å². The van der Waals surface area contributed by atoms with E-state index in [4.69, 9.17) is 4.74 Å². The number of halogens is 1. The quantitative estimate of drug-likeness (QED) is 0.788. The number of hydrogen-bond acceptors (Lipinski definition) is 2. The molecule has 1 aliphatic rings. The zero-order chi connectivity index (χ0) is 10.6. The molecule has 14 heavy (non-hydrogen) atoms. The van der Waals surface area contributed by atoms with Gasteiger partial charge in [0.1, 0.15) is 0 Å². The van der Waals surface area contributed by atoms with Crippen molar-refractivity contribution >= 4 is 21.8 Å². The maximum absolute atomic E-state index is 11.8. The van der Waals surface area contributed by atoms with E-state index >= 15 is 0 Å². The number of amides is 1. The number of hydrogen-bond donors (Lipinski definition) is 1. The molecule has 1 atom stereocenters. The van der Waals surface area contributed by atoms with Gasteiger partial charge in [0.2, 0.25) is 5.91 Å². The summed E-state index contributed by atoms with van der Waals surface area (Å²) in [5, 5.41) is 3.77. The number of carbonyl (C=O) groups is 1. The van der Waals surface area contributed by atoms with Gasteiger partial charge in [-0.1, -0.05) is 15.9 Å². The minimum Gasteiger partial charge on any atom is -0.381 e. The Labute approximate surface area is 93.7 Å². The van der Waals surface area contributed by atoms with Crippen LogP contribution in [0.4, 0.5) is 0 Å². The normalized spacial score (nSPS) is 23.2. The lowest BCUT2D eigenvalue weighted by Gasteiger charge is -2.28. The van der Waals surface area contributed by atoms with Crippen LogP contribution in [0.5, 0.6) is 0 Å². The second kappa shape index (κ2) is 5.12. The average Bonchev–Trinajstić information content (AvgIpc) is 2.19. The predicted octanol–water partition coefficient (Wildman–Crippen LogP) is 1.70. The van der Waals surface area contributed by atoms with E-state index in [0.29, 0.717) is 6.61 Å². The fraction of sp³-hybridized carbons (Fsp3) is 0.900. The van der Waals surface area contributed by atoms with Crippen molar-refractivity contribution < 1.29 is 9.53 Å². The largest absolute Gasteiger partial charge is 0.381 e. The Morgan fingerprint density at radius 3 is 2.86 bits per heavy atom. The van der Waals surface area contributed by atoms with Crippen LogP contribution >= 0.6 is 15.9 Å². The van der Waals surface area contributed by atoms with Crippen molar-refractivity contribution in [3.05, 3.63) is 0 Å². The van der Waals surface area contributed by atoms with Crippen LogP contribution in [0.1, 0.15) is 26.7 Å². The predicted molar refractivity (Wildman–Crippen MR) is 59.6 cm³/mol. The molecule has 1 saturated heterocycles. The molecule has 0 aromatic rings. The Balaban J connectivity index is 2.40. The SMILES string of the molecule is CC(C)(CBr)NC(=O)C1CCCOC1. The van der Waals surface area contributed by atoms with Crippen LogP contribution in [0.2, 0.25) is 0 Å². The molecule has 0 bridgehead atoms. The zero-order valence-corrected chi connectivity index (χ0v) is 10.4. The summed E-state index contributed by atoms with van der Waals surface area (Å²) in [4.78, 5) is 11.8. The van der Waals surface area contributed by atoms with Gasteiger partial charge in [0.25, 0.3) is 0 Å². The van der Waals surface area contributed by atoms with Gasteiger partial charge in [-0.15, -0.1) is 0 Å². The van der Waals surface area contributed by atoms with E-state index in [-0.39, 0.29) is 17.4 Å². The summed E-state index contributed by atoms with van der Waals surface area (Å²) in [5.74, 6) is 0.163. The summed E-state index contributed by atoms with van der Waals surface area (Å²) in [6.07, 6.45) is 1.94. The highest BCUT2D eigenvalue weighted by Gasteiger charge is 2.26. The highest BCUT2D eigenvalue weighted by atomic mass is 79.9. The number of rotatable bonds is 3. The molecule has 0 aromatic heterocycles. The summed E-state index contributed by atoms with van der Waals surface area (Å²) >= 11 is 3.38. The number of alkyl halides is 1. The van der Waals surface area contributed by atoms with Crippen LogP contribution < -0.4 is 5.32 Å². The molecule has 0 aliphatic carbocycles. The second-order valence-electron chi connectivity index (χ2n) is 4.42. The minimum absolute atomic E-state index is 0.0436. The van der Waals surface area contributed by atoms with Gasteiger partial charge in [-0.05, 0) is 26.7 Å². The molecule has 1 fully saturated rings. The van der Waals surface area contributed by atoms with Gasteiger partial charge in [0, 0.05) is 17.5 Å². The summed E-state index contributed by atoms with van der Waals surface area (Å²) in [6.45, 7) is 5.38. The minimum atomic E-state index is -0.172. The van der Waals surface area contributed by atoms with Crippen molar-refractivity contribution in [2.45, 2.75) is 32.2 Å². The van der Waals surface area contributed by atoms with Crippen molar-refractivity contribution in [3.63, 3.8) is 0 Å². The molecule has 0 radical (unpaired) electrons. The molecule has 0 saturated carbocycles. The van der Waals surface area contributed by atoms with Gasteiger partial charge >= 0.3 is 0 Å². The van der Waals surface area contributed by atoms with Crippen molar-refractivity contribution in [3.8, 4) is 0 Å². The summed E-state index contributed by atoms with van der Waals surface area (Å²) in [6, 6.07) is 0. The van der Waals surface area contributed by atoms with E-state index in [2.05, 4.69) is 21.2 Å². The van der Waals surface area contributed by atoms with Gasteiger partial charge in [-0.3, -0.25) is 4.79 Å². The molecular formula is C10H18BrNO2. The maximum atomic E-state index is 11.8. The van der Waals surface area contributed by atoms with Crippen molar-refractivity contribution in [1.82, 2.24) is 5.32 Å². The Morgan fingerprint density at radius 2 is 2.36 bits per heavy atom. The van der Waals surface area contributed by atoms with Gasteiger partial charge in [0.05, 0.1) is 12.5 Å². The topological polar surface area (TPSA) is 38.3 Å². The lowest BCUT2D eigenvalue weighted by Crippen LogP contribution is -2.48. The lowest BCUT2D eigenvalue weighted by molar-refractivity contribution is -0.130. The summed E-state index contributed by atoms with van der Waals surface area (Å²) in [5.41, 5.74) is -0.172. The van der Waals surface area contributed by atoms with Gasteiger partial charge < -0.3 is 10.1 Å². The molecule has 1 aliphatic heterocycles. The smallest absolute Gasteiger partial charge is 0.225 e. The Bertz CT molecular complexity index is 200. The van der Waals surface area contributed by atoms with E-state index in [1.165, 1.54) is 0 Å². The molecule has 1 amide bonds. The molecule has 4 heteroatoms. The lowest BCUT2D eigenvalue weighted by atomic mass is 9.99. The van der Waals surface area contributed by atoms with Gasteiger partial charge in [0.15, 0.2) is 0 Å². The molecule has 3 nitrogen and oxygen atoms in total. The zero-order valence-electron chi connectivity index (χ0n) is 8.81. The van der Waals surface area contributed by atoms with Gasteiger partial charge in [-0.25, -0.2) is 0 Å². The monoisotopic (exact) mass is 263 g/mol. The van der Waals surface area contributed by atoms with Crippen LogP contribution in [0.3, 0.4) is 0 Å². The maximum Gasteiger partial charge on any atom is 0.225 e. The first-order valence-electron chi connectivity index (χ1n) is 5.01. The Morgan fingerprint density at radius 1 is 1.64 bits per heavy atom. The van der Waals surface area contributed by atoms with Gasteiger partial charge in [-0.2, -0.15) is 0 Å². The summed E-state index contributed by atoms with van der Waals surface area (Å²) in [7, 11) is 0. The van der Waals surface area contributed by atoms with E-state index in [1.54, 1.807) is 0 Å².